The number of allylic oxidation sites excluding steroid dienone is 22. The van der Waals surface area contributed by atoms with Crippen LogP contribution in [0, 0.1) is 0 Å². The maximum atomic E-state index is 12.8. The Kier molecular flexibility index (Phi) is 53.1. The van der Waals surface area contributed by atoms with Gasteiger partial charge >= 0.3 is 19.8 Å². The topological polar surface area (TPSA) is 108 Å². The molecule has 2 unspecified atom stereocenters. The summed E-state index contributed by atoms with van der Waals surface area (Å²) in [5.74, 6) is -0.844. The van der Waals surface area contributed by atoms with Gasteiger partial charge in [0.2, 0.25) is 0 Å². The van der Waals surface area contributed by atoms with E-state index >= 15 is 0 Å². The van der Waals surface area contributed by atoms with Crippen molar-refractivity contribution in [2.24, 2.45) is 0 Å². The fourth-order valence-electron chi connectivity index (χ4n) is 7.63. The first-order valence-electron chi connectivity index (χ1n) is 29.9. The van der Waals surface area contributed by atoms with Gasteiger partial charge in [0.25, 0.3) is 0 Å². The van der Waals surface area contributed by atoms with Crippen molar-refractivity contribution in [3.05, 3.63) is 134 Å². The van der Waals surface area contributed by atoms with Crippen molar-refractivity contribution in [1.29, 1.82) is 0 Å². The SMILES string of the molecule is CC/C=C\C/C=C\C/C=C\C/C=C\C/C=C\C/C=C\C/C=C\CCCCCC(=O)OC(COC(=O)CCCCCCCCCCCCCCCC/C=C\C/C=C\C/C=C\C/C=C\CC)COP(=O)(O)OCC[N+](C)(C)C. The Balaban J connectivity index is 4.24. The summed E-state index contributed by atoms with van der Waals surface area (Å²) < 4.78 is 34.6. The number of unbranched alkanes of at least 4 members (excludes halogenated alkanes) is 17. The van der Waals surface area contributed by atoms with E-state index in [-0.39, 0.29) is 32.0 Å². The zero-order chi connectivity index (χ0) is 55.6. The van der Waals surface area contributed by atoms with Crippen LogP contribution in [0.5, 0.6) is 0 Å². The molecule has 0 aromatic carbocycles. The van der Waals surface area contributed by atoms with Crippen LogP contribution in [0.1, 0.15) is 219 Å². The molecule has 10 heteroatoms. The van der Waals surface area contributed by atoms with E-state index in [9.17, 15) is 19.0 Å². The van der Waals surface area contributed by atoms with Crippen LogP contribution in [0.25, 0.3) is 0 Å². The Labute approximate surface area is 466 Å². The molecule has 0 saturated carbocycles. The molecule has 0 aromatic heterocycles. The quantitative estimate of drug-likeness (QED) is 0.0211. The Bertz CT molecular complexity index is 1740. The van der Waals surface area contributed by atoms with Crippen molar-refractivity contribution in [3.8, 4) is 0 Å². The minimum atomic E-state index is -4.41. The Morgan fingerprint density at radius 1 is 0.408 bits per heavy atom. The molecular formula is C66H111NO8P+. The normalized spacial score (nSPS) is 14.2. The number of carbonyl (C=O) groups is 2. The highest BCUT2D eigenvalue weighted by Crippen LogP contribution is 2.43. The molecule has 0 aliphatic rings. The summed E-state index contributed by atoms with van der Waals surface area (Å²) in [6.07, 6.45) is 80.9. The number of phosphoric acid groups is 1. The molecule has 0 saturated heterocycles. The minimum Gasteiger partial charge on any atom is -0.462 e. The number of carbonyl (C=O) groups excluding carboxylic acids is 2. The van der Waals surface area contributed by atoms with Gasteiger partial charge in [0.1, 0.15) is 19.8 Å². The highest BCUT2D eigenvalue weighted by molar-refractivity contribution is 7.47. The van der Waals surface area contributed by atoms with Crippen LogP contribution in [0.4, 0.5) is 0 Å². The zero-order valence-corrected chi connectivity index (χ0v) is 49.8. The van der Waals surface area contributed by atoms with Crippen molar-refractivity contribution in [3.63, 3.8) is 0 Å². The Hall–Kier alpha value is -3.85. The number of esters is 2. The van der Waals surface area contributed by atoms with Gasteiger partial charge in [-0.05, 0) is 109 Å². The molecule has 9 nitrogen and oxygen atoms in total. The van der Waals surface area contributed by atoms with E-state index in [2.05, 4.69) is 148 Å². The smallest absolute Gasteiger partial charge is 0.462 e. The van der Waals surface area contributed by atoms with E-state index in [4.69, 9.17) is 18.5 Å². The second-order valence-electron chi connectivity index (χ2n) is 20.6. The predicted octanol–water partition coefficient (Wildman–Crippen LogP) is 18.9. The number of quaternary nitrogens is 1. The number of hydrogen-bond donors (Lipinski definition) is 1. The minimum absolute atomic E-state index is 0.0176. The fourth-order valence-corrected chi connectivity index (χ4v) is 8.37. The van der Waals surface area contributed by atoms with Gasteiger partial charge in [-0.2, -0.15) is 0 Å². The van der Waals surface area contributed by atoms with Crippen LogP contribution >= 0.6 is 7.82 Å². The molecule has 0 rings (SSSR count). The lowest BCUT2D eigenvalue weighted by Crippen LogP contribution is -2.37. The first-order valence-corrected chi connectivity index (χ1v) is 31.4. The third-order valence-electron chi connectivity index (χ3n) is 12.2. The molecule has 0 amide bonds. The van der Waals surface area contributed by atoms with Crippen molar-refractivity contribution in [2.75, 3.05) is 47.5 Å². The highest BCUT2D eigenvalue weighted by atomic mass is 31.2. The molecule has 76 heavy (non-hydrogen) atoms. The monoisotopic (exact) mass is 1080 g/mol. The van der Waals surface area contributed by atoms with Crippen LogP contribution < -0.4 is 0 Å². The Morgan fingerprint density at radius 2 is 0.711 bits per heavy atom. The van der Waals surface area contributed by atoms with Crippen LogP contribution in [0.15, 0.2) is 134 Å². The highest BCUT2D eigenvalue weighted by Gasteiger charge is 2.27. The average Bonchev–Trinajstić information content (AvgIpc) is 3.38. The van der Waals surface area contributed by atoms with Gasteiger partial charge in [0.15, 0.2) is 6.10 Å². The zero-order valence-electron chi connectivity index (χ0n) is 48.9. The predicted molar refractivity (Wildman–Crippen MR) is 325 cm³/mol. The maximum Gasteiger partial charge on any atom is 0.472 e. The summed E-state index contributed by atoms with van der Waals surface area (Å²) in [4.78, 5) is 35.7. The summed E-state index contributed by atoms with van der Waals surface area (Å²) in [5.41, 5.74) is 0. The number of nitrogens with zero attached hydrogens (tertiary/aromatic N) is 1. The third-order valence-corrected chi connectivity index (χ3v) is 13.2. The molecule has 0 heterocycles. The van der Waals surface area contributed by atoms with Crippen molar-refractivity contribution in [1.82, 2.24) is 0 Å². The van der Waals surface area contributed by atoms with Gasteiger partial charge in [0, 0.05) is 12.8 Å². The maximum absolute atomic E-state index is 12.8. The Morgan fingerprint density at radius 3 is 1.07 bits per heavy atom. The van der Waals surface area contributed by atoms with E-state index in [1.807, 2.05) is 21.1 Å². The summed E-state index contributed by atoms with van der Waals surface area (Å²) in [6, 6.07) is 0. The number of rotatable bonds is 53. The molecule has 0 aliphatic heterocycles. The number of ether oxygens (including phenoxy) is 2. The summed E-state index contributed by atoms with van der Waals surface area (Å²) in [7, 11) is 1.44. The third kappa shape index (κ3) is 59.4. The lowest BCUT2D eigenvalue weighted by molar-refractivity contribution is -0.870. The van der Waals surface area contributed by atoms with Gasteiger partial charge < -0.3 is 18.9 Å². The van der Waals surface area contributed by atoms with Gasteiger partial charge in [-0.3, -0.25) is 18.6 Å². The van der Waals surface area contributed by atoms with E-state index in [0.29, 0.717) is 17.4 Å². The van der Waals surface area contributed by atoms with Gasteiger partial charge in [-0.15, -0.1) is 0 Å². The molecule has 0 spiro atoms. The van der Waals surface area contributed by atoms with E-state index in [1.54, 1.807) is 0 Å². The first-order chi connectivity index (χ1) is 37.0. The van der Waals surface area contributed by atoms with Crippen molar-refractivity contribution in [2.45, 2.75) is 225 Å². The lowest BCUT2D eigenvalue weighted by Gasteiger charge is -2.24. The second kappa shape index (κ2) is 55.9. The molecule has 0 aliphatic carbocycles. The van der Waals surface area contributed by atoms with E-state index in [1.165, 1.54) is 77.0 Å². The first kappa shape index (κ1) is 72.2. The van der Waals surface area contributed by atoms with Gasteiger partial charge in [-0.1, -0.05) is 231 Å². The van der Waals surface area contributed by atoms with Gasteiger partial charge in [0.05, 0.1) is 27.7 Å². The largest absolute Gasteiger partial charge is 0.472 e. The molecule has 0 aromatic rings. The van der Waals surface area contributed by atoms with Crippen LogP contribution in [-0.2, 0) is 32.7 Å². The van der Waals surface area contributed by atoms with E-state index in [0.717, 1.165) is 109 Å². The van der Waals surface area contributed by atoms with E-state index < -0.39 is 26.5 Å². The van der Waals surface area contributed by atoms with Crippen molar-refractivity contribution >= 4 is 19.8 Å². The fraction of sp³-hybridized carbons (Fsp3) is 0.636. The molecule has 432 valence electrons. The average molecular weight is 1080 g/mol. The molecule has 0 bridgehead atoms. The molecule has 0 radical (unpaired) electrons. The summed E-state index contributed by atoms with van der Waals surface area (Å²) in [6.45, 7) is 4.16. The molecular weight excluding hydrogens is 966 g/mol. The number of phosphoric ester groups is 1. The van der Waals surface area contributed by atoms with Crippen molar-refractivity contribution < 1.29 is 42.1 Å². The second-order valence-corrected chi connectivity index (χ2v) is 22.1. The van der Waals surface area contributed by atoms with Crippen LogP contribution in [0.3, 0.4) is 0 Å². The lowest BCUT2D eigenvalue weighted by atomic mass is 10.0. The van der Waals surface area contributed by atoms with Gasteiger partial charge in [-0.25, -0.2) is 4.57 Å². The molecule has 2 atom stereocenters. The summed E-state index contributed by atoms with van der Waals surface area (Å²) in [5, 5.41) is 0. The molecule has 0 fully saturated rings. The standard InChI is InChI=1S/C66H110NO8P/c1-6-8-10-12-14-16-18-20-22-24-26-28-30-32-33-35-36-38-40-42-44-46-48-50-52-54-56-58-65(68)72-62-64(63-74-76(70,71)73-61-60-67(3,4)5)75-66(69)59-57-55-53-51-49-47-45-43-41-39-37-34-31-29-27-25-23-21-19-17-15-13-11-9-7-2/h8-11,14-17,20-23,26-29,34,37,41,43,47,49,64H,6-7,12-13,18-19,24-25,30-33,35-36,38-40,42,44-46,48,50-63H2,1-5H3/p+1/b10-8-,11-9-,16-14-,17-15-,22-20-,23-21-,28-26-,29-27-,37-34-,43-41-,49-47-. The summed E-state index contributed by atoms with van der Waals surface area (Å²) >= 11 is 0. The van der Waals surface area contributed by atoms with Crippen LogP contribution in [-0.4, -0.2) is 74.9 Å². The number of hydrogen-bond acceptors (Lipinski definition) is 7. The van der Waals surface area contributed by atoms with Crippen LogP contribution in [0.2, 0.25) is 0 Å². The number of likely N-dealkylation sites (N-methyl/N-ethyl adjacent to an activating group) is 1. The molecule has 1 N–H and O–H groups in total.